The summed E-state index contributed by atoms with van der Waals surface area (Å²) >= 11 is 3.40. The molecule has 5 heteroatoms. The van der Waals surface area contributed by atoms with Crippen molar-refractivity contribution in [3.63, 3.8) is 0 Å². The Hall–Kier alpha value is -1.36. The molecular formula is C11H13BrN4. The summed E-state index contributed by atoms with van der Waals surface area (Å²) in [5, 5.41) is 7.36. The van der Waals surface area contributed by atoms with Gasteiger partial charge in [0.2, 0.25) is 5.96 Å². The van der Waals surface area contributed by atoms with Gasteiger partial charge in [-0.1, -0.05) is 28.1 Å². The maximum atomic E-state index is 4.26. The molecule has 0 fully saturated rings. The number of rotatable bonds is 2. The SMILES string of the molecule is CC(=NNC1=NCCN1)c1ccc(Br)cc1. The first-order valence-corrected chi connectivity index (χ1v) is 5.89. The van der Waals surface area contributed by atoms with Crippen LogP contribution in [0.4, 0.5) is 0 Å². The fourth-order valence-electron chi connectivity index (χ4n) is 1.37. The van der Waals surface area contributed by atoms with Crippen LogP contribution in [0.15, 0.2) is 38.8 Å². The molecule has 0 aliphatic carbocycles. The van der Waals surface area contributed by atoms with Gasteiger partial charge in [-0.15, -0.1) is 0 Å². The lowest BCUT2D eigenvalue weighted by Gasteiger charge is -2.03. The van der Waals surface area contributed by atoms with Crippen molar-refractivity contribution in [2.75, 3.05) is 13.1 Å². The summed E-state index contributed by atoms with van der Waals surface area (Å²) in [5.41, 5.74) is 4.94. The molecule has 2 rings (SSSR count). The fraction of sp³-hybridized carbons (Fsp3) is 0.273. The Bertz CT molecular complexity index is 422. The highest BCUT2D eigenvalue weighted by atomic mass is 79.9. The number of halogens is 1. The first-order valence-electron chi connectivity index (χ1n) is 5.10. The molecule has 0 atom stereocenters. The Morgan fingerprint density at radius 1 is 1.44 bits per heavy atom. The number of nitrogens with one attached hydrogen (secondary N) is 2. The molecule has 1 heterocycles. The third-order valence-electron chi connectivity index (χ3n) is 2.27. The third kappa shape index (κ3) is 2.82. The number of nitrogens with zero attached hydrogens (tertiary/aromatic N) is 2. The molecule has 84 valence electrons. The summed E-state index contributed by atoms with van der Waals surface area (Å²) in [5.74, 6) is 0.747. The third-order valence-corrected chi connectivity index (χ3v) is 2.79. The van der Waals surface area contributed by atoms with Crippen LogP contribution in [0.2, 0.25) is 0 Å². The predicted octanol–water partition coefficient (Wildman–Crippen LogP) is 1.72. The smallest absolute Gasteiger partial charge is 0.212 e. The van der Waals surface area contributed by atoms with Crippen molar-refractivity contribution in [3.05, 3.63) is 34.3 Å². The van der Waals surface area contributed by atoms with Crippen molar-refractivity contribution in [2.24, 2.45) is 10.1 Å². The van der Waals surface area contributed by atoms with E-state index in [4.69, 9.17) is 0 Å². The Morgan fingerprint density at radius 2 is 2.19 bits per heavy atom. The molecule has 0 aromatic heterocycles. The van der Waals surface area contributed by atoms with Gasteiger partial charge in [-0.3, -0.25) is 0 Å². The molecule has 1 aromatic carbocycles. The lowest BCUT2D eigenvalue weighted by atomic mass is 10.1. The quantitative estimate of drug-likeness (QED) is 0.640. The number of hydrazone groups is 1. The van der Waals surface area contributed by atoms with Gasteiger partial charge in [-0.25, -0.2) is 10.4 Å². The van der Waals surface area contributed by atoms with E-state index in [2.05, 4.69) is 36.8 Å². The standard InChI is InChI=1S/C11H13BrN4/c1-8(9-2-4-10(12)5-3-9)15-16-11-13-6-7-14-11/h2-5H,6-7H2,1H3,(H2,13,14,16). The Balaban J connectivity index is 2.03. The van der Waals surface area contributed by atoms with Crippen LogP contribution >= 0.6 is 15.9 Å². The zero-order chi connectivity index (χ0) is 11.4. The summed E-state index contributed by atoms with van der Waals surface area (Å²) in [4.78, 5) is 4.20. The van der Waals surface area contributed by atoms with Crippen LogP contribution in [0.1, 0.15) is 12.5 Å². The first kappa shape index (κ1) is 11.1. The highest BCUT2D eigenvalue weighted by molar-refractivity contribution is 9.10. The van der Waals surface area contributed by atoms with E-state index in [1.165, 1.54) is 0 Å². The van der Waals surface area contributed by atoms with Gasteiger partial charge in [-0.2, -0.15) is 5.10 Å². The van der Waals surface area contributed by atoms with Gasteiger partial charge < -0.3 is 5.32 Å². The van der Waals surface area contributed by atoms with Crippen molar-refractivity contribution >= 4 is 27.6 Å². The topological polar surface area (TPSA) is 48.8 Å². The van der Waals surface area contributed by atoms with Crippen LogP contribution < -0.4 is 10.7 Å². The number of aliphatic imine (C=N–C) groups is 1. The monoisotopic (exact) mass is 280 g/mol. The van der Waals surface area contributed by atoms with Crippen molar-refractivity contribution in [2.45, 2.75) is 6.92 Å². The minimum Gasteiger partial charge on any atom is -0.353 e. The van der Waals surface area contributed by atoms with Crippen molar-refractivity contribution < 1.29 is 0 Å². The number of guanidine groups is 1. The second-order valence-electron chi connectivity index (χ2n) is 3.47. The van der Waals surface area contributed by atoms with E-state index in [0.29, 0.717) is 0 Å². The molecule has 0 radical (unpaired) electrons. The van der Waals surface area contributed by atoms with Crippen LogP contribution in [0.25, 0.3) is 0 Å². The second-order valence-corrected chi connectivity index (χ2v) is 4.39. The Morgan fingerprint density at radius 3 is 2.81 bits per heavy atom. The molecule has 4 nitrogen and oxygen atoms in total. The molecule has 1 aliphatic rings. The average Bonchev–Trinajstić information content (AvgIpc) is 2.80. The molecule has 0 amide bonds. The van der Waals surface area contributed by atoms with Gasteiger partial charge in [0.15, 0.2) is 0 Å². The Labute approximate surface area is 103 Å². The molecule has 16 heavy (non-hydrogen) atoms. The van der Waals surface area contributed by atoms with E-state index < -0.39 is 0 Å². The molecule has 1 aliphatic heterocycles. The highest BCUT2D eigenvalue weighted by Gasteiger charge is 2.03. The molecule has 2 N–H and O–H groups in total. The lowest BCUT2D eigenvalue weighted by molar-refractivity contribution is 0.917. The van der Waals surface area contributed by atoms with Crippen LogP contribution in [-0.4, -0.2) is 24.8 Å². The van der Waals surface area contributed by atoms with Crippen LogP contribution in [0.5, 0.6) is 0 Å². The van der Waals surface area contributed by atoms with E-state index in [0.717, 1.165) is 34.8 Å². The van der Waals surface area contributed by atoms with Gasteiger partial charge in [0.1, 0.15) is 0 Å². The van der Waals surface area contributed by atoms with E-state index in [1.807, 2.05) is 31.2 Å². The Kier molecular flexibility index (Phi) is 3.56. The number of hydrogen-bond acceptors (Lipinski definition) is 4. The molecule has 0 spiro atoms. The minimum atomic E-state index is 0.747. The van der Waals surface area contributed by atoms with E-state index in [9.17, 15) is 0 Å². The van der Waals surface area contributed by atoms with Crippen molar-refractivity contribution in [1.82, 2.24) is 10.7 Å². The second kappa shape index (κ2) is 5.12. The zero-order valence-corrected chi connectivity index (χ0v) is 10.6. The molecular weight excluding hydrogens is 268 g/mol. The number of benzene rings is 1. The van der Waals surface area contributed by atoms with Gasteiger partial charge in [0.05, 0.1) is 12.3 Å². The molecule has 0 bridgehead atoms. The molecule has 1 aromatic rings. The van der Waals surface area contributed by atoms with E-state index >= 15 is 0 Å². The summed E-state index contributed by atoms with van der Waals surface area (Å²) in [6.07, 6.45) is 0. The lowest BCUT2D eigenvalue weighted by Crippen LogP contribution is -2.30. The van der Waals surface area contributed by atoms with E-state index in [1.54, 1.807) is 0 Å². The normalized spacial score (nSPS) is 15.6. The van der Waals surface area contributed by atoms with Gasteiger partial charge >= 0.3 is 0 Å². The zero-order valence-electron chi connectivity index (χ0n) is 9.00. The maximum absolute atomic E-state index is 4.26. The summed E-state index contributed by atoms with van der Waals surface area (Å²) in [7, 11) is 0. The fourth-order valence-corrected chi connectivity index (χ4v) is 1.63. The molecule has 0 saturated heterocycles. The van der Waals surface area contributed by atoms with Gasteiger partial charge in [-0.05, 0) is 24.6 Å². The highest BCUT2D eigenvalue weighted by Crippen LogP contribution is 2.10. The predicted molar refractivity (Wildman–Crippen MR) is 69.8 cm³/mol. The van der Waals surface area contributed by atoms with Crippen LogP contribution in [0.3, 0.4) is 0 Å². The van der Waals surface area contributed by atoms with Crippen molar-refractivity contribution in [1.29, 1.82) is 0 Å². The van der Waals surface area contributed by atoms with Gasteiger partial charge in [0, 0.05) is 11.0 Å². The summed E-state index contributed by atoms with van der Waals surface area (Å²) in [6, 6.07) is 8.04. The maximum Gasteiger partial charge on any atom is 0.212 e. The molecule has 0 unspecified atom stereocenters. The van der Waals surface area contributed by atoms with Crippen LogP contribution in [0, 0.1) is 0 Å². The summed E-state index contributed by atoms with van der Waals surface area (Å²) < 4.78 is 1.07. The summed E-state index contributed by atoms with van der Waals surface area (Å²) in [6.45, 7) is 3.66. The van der Waals surface area contributed by atoms with E-state index in [-0.39, 0.29) is 0 Å². The minimum absolute atomic E-state index is 0.747. The molecule has 0 saturated carbocycles. The van der Waals surface area contributed by atoms with Gasteiger partial charge in [0.25, 0.3) is 0 Å². The average molecular weight is 281 g/mol. The van der Waals surface area contributed by atoms with Crippen LogP contribution in [-0.2, 0) is 0 Å². The number of hydrogen-bond donors (Lipinski definition) is 2. The first-order chi connectivity index (χ1) is 7.75. The van der Waals surface area contributed by atoms with Crippen molar-refractivity contribution in [3.8, 4) is 0 Å². The largest absolute Gasteiger partial charge is 0.353 e.